The van der Waals surface area contributed by atoms with Gasteiger partial charge in [-0.3, -0.25) is 4.79 Å². The fraction of sp³-hybridized carbons (Fsp3) is 0.222. The molecule has 1 aromatic rings. The number of nitrogens with two attached hydrogens (primary N) is 1. The Balaban J connectivity index is 2.38. The van der Waals surface area contributed by atoms with E-state index in [2.05, 4.69) is 5.32 Å². The Morgan fingerprint density at radius 2 is 2.36 bits per heavy atom. The third-order valence-corrected chi connectivity index (χ3v) is 2.19. The summed E-state index contributed by atoms with van der Waals surface area (Å²) in [5.41, 5.74) is 6.09. The number of fused-ring (bicyclic) bond motifs is 1. The number of halogens is 1. The summed E-state index contributed by atoms with van der Waals surface area (Å²) in [6.45, 7) is 0.181. The van der Waals surface area contributed by atoms with Gasteiger partial charge in [-0.15, -0.1) is 0 Å². The molecule has 14 heavy (non-hydrogen) atoms. The van der Waals surface area contributed by atoms with Crippen LogP contribution in [0.2, 0.25) is 5.02 Å². The molecule has 0 bridgehead atoms. The molecule has 0 saturated heterocycles. The van der Waals surface area contributed by atoms with E-state index in [1.54, 1.807) is 18.2 Å². The maximum Gasteiger partial charge on any atom is 0.244 e. The number of anilines is 1. The lowest BCUT2D eigenvalue weighted by Crippen LogP contribution is -2.38. The third-order valence-electron chi connectivity index (χ3n) is 1.95. The predicted octanol–water partition coefficient (Wildman–Crippen LogP) is 0.998. The quantitative estimate of drug-likeness (QED) is 0.674. The van der Waals surface area contributed by atoms with Gasteiger partial charge in [0.05, 0.1) is 5.69 Å². The first-order chi connectivity index (χ1) is 6.66. The lowest BCUT2D eigenvalue weighted by molar-refractivity contribution is -0.117. The van der Waals surface area contributed by atoms with Crippen molar-refractivity contribution in [2.75, 3.05) is 11.9 Å². The van der Waals surface area contributed by atoms with Gasteiger partial charge in [-0.25, -0.2) is 0 Å². The van der Waals surface area contributed by atoms with E-state index in [-0.39, 0.29) is 12.5 Å². The highest BCUT2D eigenvalue weighted by Gasteiger charge is 2.20. The SMILES string of the molecule is N[C@H]1COc2ccc(Cl)cc2NC1=O. The fourth-order valence-electron chi connectivity index (χ4n) is 1.21. The minimum absolute atomic E-state index is 0.181. The van der Waals surface area contributed by atoms with Gasteiger partial charge in [-0.05, 0) is 18.2 Å². The van der Waals surface area contributed by atoms with E-state index in [1.165, 1.54) is 0 Å². The lowest BCUT2D eigenvalue weighted by Gasteiger charge is -2.05. The van der Waals surface area contributed by atoms with Gasteiger partial charge in [0.2, 0.25) is 5.91 Å². The first kappa shape index (κ1) is 9.30. The standard InChI is InChI=1S/C9H9ClN2O2/c10-5-1-2-8-7(3-5)12-9(13)6(11)4-14-8/h1-3,6H,4,11H2,(H,12,13)/t6-/m0/s1. The van der Waals surface area contributed by atoms with Crippen LogP contribution in [0.3, 0.4) is 0 Å². The molecule has 1 aliphatic rings. The monoisotopic (exact) mass is 212 g/mol. The summed E-state index contributed by atoms with van der Waals surface area (Å²) in [7, 11) is 0. The van der Waals surface area contributed by atoms with E-state index in [4.69, 9.17) is 22.1 Å². The highest BCUT2D eigenvalue weighted by atomic mass is 35.5. The summed E-state index contributed by atoms with van der Waals surface area (Å²) in [6.07, 6.45) is 0. The molecule has 1 amide bonds. The summed E-state index contributed by atoms with van der Waals surface area (Å²) in [5, 5.41) is 3.18. The number of carbonyl (C=O) groups is 1. The molecule has 0 saturated carbocycles. The third kappa shape index (κ3) is 1.66. The topological polar surface area (TPSA) is 64.3 Å². The van der Waals surface area contributed by atoms with Crippen molar-refractivity contribution in [3.8, 4) is 5.75 Å². The minimum atomic E-state index is -0.638. The van der Waals surface area contributed by atoms with E-state index < -0.39 is 6.04 Å². The number of rotatable bonds is 0. The van der Waals surface area contributed by atoms with E-state index >= 15 is 0 Å². The molecule has 4 nitrogen and oxygen atoms in total. The van der Waals surface area contributed by atoms with Crippen LogP contribution in [0, 0.1) is 0 Å². The molecule has 2 rings (SSSR count). The molecule has 0 radical (unpaired) electrons. The van der Waals surface area contributed by atoms with Crippen molar-refractivity contribution in [2.45, 2.75) is 6.04 Å². The van der Waals surface area contributed by atoms with Gasteiger partial charge >= 0.3 is 0 Å². The largest absolute Gasteiger partial charge is 0.489 e. The fourth-order valence-corrected chi connectivity index (χ4v) is 1.38. The summed E-state index contributed by atoms with van der Waals surface area (Å²) in [5.74, 6) is 0.335. The average Bonchev–Trinajstić information content (AvgIpc) is 2.27. The van der Waals surface area contributed by atoms with Crippen LogP contribution in [0.4, 0.5) is 5.69 Å². The van der Waals surface area contributed by atoms with E-state index in [9.17, 15) is 4.79 Å². The average molecular weight is 213 g/mol. The van der Waals surface area contributed by atoms with Gasteiger partial charge in [0.25, 0.3) is 0 Å². The van der Waals surface area contributed by atoms with Crippen LogP contribution in [-0.2, 0) is 4.79 Å². The van der Waals surface area contributed by atoms with Crippen LogP contribution in [0.5, 0.6) is 5.75 Å². The van der Waals surface area contributed by atoms with Crippen molar-refractivity contribution in [1.29, 1.82) is 0 Å². The summed E-state index contributed by atoms with van der Waals surface area (Å²) in [4.78, 5) is 11.3. The molecule has 0 fully saturated rings. The van der Waals surface area contributed by atoms with Crippen molar-refractivity contribution < 1.29 is 9.53 Å². The second kappa shape index (κ2) is 3.48. The molecule has 1 atom stereocenters. The summed E-state index contributed by atoms with van der Waals surface area (Å²) in [6, 6.07) is 4.40. The normalized spacial score (nSPS) is 20.4. The van der Waals surface area contributed by atoms with Crippen molar-refractivity contribution in [3.05, 3.63) is 23.2 Å². The molecule has 0 unspecified atom stereocenters. The number of nitrogens with one attached hydrogen (secondary N) is 1. The van der Waals surface area contributed by atoms with Crippen LogP contribution in [0.1, 0.15) is 0 Å². The molecule has 1 aliphatic heterocycles. The second-order valence-electron chi connectivity index (χ2n) is 3.05. The van der Waals surface area contributed by atoms with Crippen LogP contribution in [-0.4, -0.2) is 18.6 Å². The predicted molar refractivity (Wildman–Crippen MR) is 53.6 cm³/mol. The van der Waals surface area contributed by atoms with Gasteiger partial charge in [0, 0.05) is 5.02 Å². The second-order valence-corrected chi connectivity index (χ2v) is 3.48. The van der Waals surface area contributed by atoms with E-state index in [0.29, 0.717) is 16.5 Å². The van der Waals surface area contributed by atoms with Gasteiger partial charge in [-0.2, -0.15) is 0 Å². The highest BCUT2D eigenvalue weighted by molar-refractivity contribution is 6.31. The smallest absolute Gasteiger partial charge is 0.244 e. The Hall–Kier alpha value is -1.26. The summed E-state index contributed by atoms with van der Waals surface area (Å²) < 4.78 is 5.32. The van der Waals surface area contributed by atoms with Crippen LogP contribution >= 0.6 is 11.6 Å². The molecule has 1 heterocycles. The lowest BCUT2D eigenvalue weighted by atomic mass is 10.3. The molecule has 3 N–H and O–H groups in total. The first-order valence-corrected chi connectivity index (χ1v) is 4.53. The molecule has 74 valence electrons. The number of hydrogen-bond donors (Lipinski definition) is 2. The van der Waals surface area contributed by atoms with Crippen LogP contribution in [0.25, 0.3) is 0 Å². The van der Waals surface area contributed by atoms with Crippen molar-refractivity contribution in [3.63, 3.8) is 0 Å². The minimum Gasteiger partial charge on any atom is -0.489 e. The van der Waals surface area contributed by atoms with Gasteiger partial charge in [0.1, 0.15) is 18.4 Å². The maximum atomic E-state index is 11.3. The maximum absolute atomic E-state index is 11.3. The number of ether oxygens (including phenoxy) is 1. The summed E-state index contributed by atoms with van der Waals surface area (Å²) >= 11 is 5.78. The molecular weight excluding hydrogens is 204 g/mol. The number of hydrogen-bond acceptors (Lipinski definition) is 3. The Bertz CT molecular complexity index is 381. The molecule has 0 aliphatic carbocycles. The van der Waals surface area contributed by atoms with E-state index in [0.717, 1.165) is 0 Å². The van der Waals surface area contributed by atoms with Crippen molar-refractivity contribution >= 4 is 23.2 Å². The molecule has 0 spiro atoms. The van der Waals surface area contributed by atoms with Gasteiger partial charge in [-0.1, -0.05) is 11.6 Å². The zero-order valence-electron chi connectivity index (χ0n) is 7.29. The first-order valence-electron chi connectivity index (χ1n) is 4.15. The van der Waals surface area contributed by atoms with Gasteiger partial charge < -0.3 is 15.8 Å². The Morgan fingerprint density at radius 3 is 3.14 bits per heavy atom. The number of carbonyl (C=O) groups excluding carboxylic acids is 1. The zero-order chi connectivity index (χ0) is 10.1. The van der Waals surface area contributed by atoms with Crippen LogP contribution in [0.15, 0.2) is 18.2 Å². The Kier molecular flexibility index (Phi) is 2.31. The van der Waals surface area contributed by atoms with Gasteiger partial charge in [0.15, 0.2) is 0 Å². The molecule has 0 aromatic heterocycles. The Labute approximate surface area is 86.0 Å². The van der Waals surface area contributed by atoms with Crippen LogP contribution < -0.4 is 15.8 Å². The molecule has 1 aromatic carbocycles. The molecule has 5 heteroatoms. The van der Waals surface area contributed by atoms with Crippen molar-refractivity contribution in [1.82, 2.24) is 0 Å². The van der Waals surface area contributed by atoms with Crippen molar-refractivity contribution in [2.24, 2.45) is 5.73 Å². The Morgan fingerprint density at radius 1 is 1.57 bits per heavy atom. The number of benzene rings is 1. The zero-order valence-corrected chi connectivity index (χ0v) is 8.04. The number of amides is 1. The highest BCUT2D eigenvalue weighted by Crippen LogP contribution is 2.29. The van der Waals surface area contributed by atoms with E-state index in [1.807, 2.05) is 0 Å². The molecular formula is C9H9ClN2O2.